The molecule has 1 saturated heterocycles. The maximum absolute atomic E-state index is 12.4. The van der Waals surface area contributed by atoms with Crippen LogP contribution >= 0.6 is 11.6 Å². The number of nitrogens with zero attached hydrogens (tertiary/aromatic N) is 4. The molecule has 1 fully saturated rings. The number of carbonyl (C=O) groups is 1. The van der Waals surface area contributed by atoms with Crippen LogP contribution in [0.3, 0.4) is 0 Å². The molecule has 3 aromatic rings. The van der Waals surface area contributed by atoms with Gasteiger partial charge in [-0.25, -0.2) is 14.8 Å². The summed E-state index contributed by atoms with van der Waals surface area (Å²) in [6.45, 7) is 6.04. The molecule has 1 aliphatic rings. The van der Waals surface area contributed by atoms with Crippen molar-refractivity contribution in [2.45, 2.75) is 19.9 Å². The summed E-state index contributed by atoms with van der Waals surface area (Å²) in [4.78, 5) is 40.6. The lowest BCUT2D eigenvalue weighted by Gasteiger charge is -2.22. The van der Waals surface area contributed by atoms with Crippen LogP contribution in [-0.2, 0) is 11.3 Å². The molecule has 0 spiro atoms. The van der Waals surface area contributed by atoms with E-state index in [2.05, 4.69) is 24.8 Å². The fourth-order valence-electron chi connectivity index (χ4n) is 3.71. The summed E-state index contributed by atoms with van der Waals surface area (Å²) in [7, 11) is 0. The first-order valence-corrected chi connectivity index (χ1v) is 10.7. The van der Waals surface area contributed by atoms with Crippen LogP contribution in [-0.4, -0.2) is 58.6 Å². The Kier molecular flexibility index (Phi) is 6.48. The zero-order valence-electron chi connectivity index (χ0n) is 17.3. The number of carbonyl (C=O) groups excluding carboxylic acids is 1. The van der Waals surface area contributed by atoms with Crippen molar-refractivity contribution in [3.63, 3.8) is 0 Å². The lowest BCUT2D eigenvalue weighted by Crippen LogP contribution is -2.31. The number of fused-ring (bicyclic) bond motifs is 1. The molecule has 4 rings (SSSR count). The lowest BCUT2D eigenvalue weighted by atomic mass is 10.2. The number of anilines is 1. The minimum absolute atomic E-state index is 0.176. The second-order valence-corrected chi connectivity index (χ2v) is 7.85. The summed E-state index contributed by atoms with van der Waals surface area (Å²) >= 11 is 5.99. The van der Waals surface area contributed by atoms with E-state index in [1.807, 2.05) is 6.07 Å². The summed E-state index contributed by atoms with van der Waals surface area (Å²) in [6.07, 6.45) is 2.51. The van der Waals surface area contributed by atoms with Gasteiger partial charge < -0.3 is 14.6 Å². The van der Waals surface area contributed by atoms with Gasteiger partial charge in [-0.3, -0.25) is 9.69 Å². The van der Waals surface area contributed by atoms with E-state index in [0.717, 1.165) is 38.4 Å². The molecule has 2 aromatic heterocycles. The van der Waals surface area contributed by atoms with Crippen LogP contribution in [0.15, 0.2) is 41.3 Å². The molecule has 0 atom stereocenters. The summed E-state index contributed by atoms with van der Waals surface area (Å²) in [6, 6.07) is 8.75. The highest BCUT2D eigenvalue weighted by atomic mass is 35.5. The second-order valence-electron chi connectivity index (χ2n) is 7.42. The number of rotatable bonds is 5. The highest BCUT2D eigenvalue weighted by Gasteiger charge is 2.18. The molecule has 9 heteroatoms. The van der Waals surface area contributed by atoms with E-state index in [-0.39, 0.29) is 11.5 Å². The van der Waals surface area contributed by atoms with Crippen LogP contribution < -0.4 is 10.5 Å². The molecule has 0 aliphatic carbocycles. The lowest BCUT2D eigenvalue weighted by molar-refractivity contribution is 0.0526. The molecule has 0 saturated carbocycles. The summed E-state index contributed by atoms with van der Waals surface area (Å²) in [5.74, 6) is 1.12. The number of halogens is 1. The third-order valence-corrected chi connectivity index (χ3v) is 5.50. The fraction of sp³-hybridized carbons (Fsp3) is 0.364. The quantitative estimate of drug-likeness (QED) is 0.608. The Morgan fingerprint density at radius 3 is 2.84 bits per heavy atom. The highest BCUT2D eigenvalue weighted by Crippen LogP contribution is 2.17. The van der Waals surface area contributed by atoms with Crippen LogP contribution in [0.25, 0.3) is 10.9 Å². The molecule has 3 heterocycles. The first-order valence-electron chi connectivity index (χ1n) is 10.3. The number of ether oxygens (including phenoxy) is 1. The maximum atomic E-state index is 12.4. The Hall–Kier alpha value is -2.97. The normalized spacial score (nSPS) is 15.1. The fourth-order valence-corrected chi connectivity index (χ4v) is 3.88. The van der Waals surface area contributed by atoms with E-state index in [0.29, 0.717) is 40.5 Å². The Balaban J connectivity index is 1.41. The number of nitrogens with one attached hydrogen (secondary N) is 1. The van der Waals surface area contributed by atoms with Crippen LogP contribution in [0, 0.1) is 0 Å². The number of aromatic nitrogens is 3. The first-order chi connectivity index (χ1) is 15.0. The first kappa shape index (κ1) is 21.3. The molecule has 31 heavy (non-hydrogen) atoms. The van der Waals surface area contributed by atoms with E-state index in [1.165, 1.54) is 0 Å². The van der Waals surface area contributed by atoms with E-state index in [4.69, 9.17) is 16.3 Å². The van der Waals surface area contributed by atoms with Gasteiger partial charge in [-0.2, -0.15) is 0 Å². The zero-order valence-corrected chi connectivity index (χ0v) is 18.1. The smallest absolute Gasteiger partial charge is 0.339 e. The third-order valence-electron chi connectivity index (χ3n) is 5.26. The number of esters is 1. The van der Waals surface area contributed by atoms with E-state index >= 15 is 0 Å². The van der Waals surface area contributed by atoms with Crippen molar-refractivity contribution in [2.75, 3.05) is 37.7 Å². The monoisotopic (exact) mass is 441 g/mol. The number of pyridine rings is 1. The van der Waals surface area contributed by atoms with Crippen molar-refractivity contribution >= 4 is 34.3 Å². The minimum Gasteiger partial charge on any atom is -0.462 e. The SMILES string of the molecule is CCOC(=O)c1ccc(N2CCCN(Cc3nc4ccc(Cl)cc4c(=O)[nH]3)CC2)nc1. The molecule has 1 N–H and O–H groups in total. The van der Waals surface area contributed by atoms with Gasteiger partial charge in [-0.15, -0.1) is 0 Å². The number of benzene rings is 1. The van der Waals surface area contributed by atoms with Gasteiger partial charge in [-0.05, 0) is 43.7 Å². The Morgan fingerprint density at radius 2 is 2.06 bits per heavy atom. The van der Waals surface area contributed by atoms with Gasteiger partial charge in [0.15, 0.2) is 0 Å². The van der Waals surface area contributed by atoms with Gasteiger partial charge in [0.2, 0.25) is 0 Å². The number of H-pyrrole nitrogens is 1. The largest absolute Gasteiger partial charge is 0.462 e. The van der Waals surface area contributed by atoms with Gasteiger partial charge in [0.1, 0.15) is 11.6 Å². The number of hydrogen-bond acceptors (Lipinski definition) is 7. The van der Waals surface area contributed by atoms with Gasteiger partial charge >= 0.3 is 5.97 Å². The Labute approximate surface area is 184 Å². The Bertz CT molecular complexity index is 1130. The van der Waals surface area contributed by atoms with Gasteiger partial charge in [-0.1, -0.05) is 11.6 Å². The molecule has 0 amide bonds. The summed E-state index contributed by atoms with van der Waals surface area (Å²) < 4.78 is 5.01. The number of hydrogen-bond donors (Lipinski definition) is 1. The summed E-state index contributed by atoms with van der Waals surface area (Å²) in [5.41, 5.74) is 0.921. The van der Waals surface area contributed by atoms with Crippen LogP contribution in [0.1, 0.15) is 29.5 Å². The average molecular weight is 442 g/mol. The molecule has 1 aliphatic heterocycles. The molecule has 162 valence electrons. The summed E-state index contributed by atoms with van der Waals surface area (Å²) in [5, 5.41) is 1.01. The van der Waals surface area contributed by atoms with E-state index in [9.17, 15) is 9.59 Å². The average Bonchev–Trinajstić information content (AvgIpc) is 3.00. The Morgan fingerprint density at radius 1 is 1.19 bits per heavy atom. The van der Waals surface area contributed by atoms with Crippen molar-refractivity contribution in [2.24, 2.45) is 0 Å². The van der Waals surface area contributed by atoms with Gasteiger partial charge in [0.05, 0.1) is 29.6 Å². The van der Waals surface area contributed by atoms with Gasteiger partial charge in [0, 0.05) is 37.4 Å². The standard InChI is InChI=1S/C22H24ClN5O3/c1-2-31-22(30)15-4-7-20(24-13-15)28-9-3-8-27(10-11-28)14-19-25-18-6-5-16(23)12-17(18)21(29)26-19/h4-7,12-13H,2-3,8-11,14H2,1H3,(H,25,26,29). The van der Waals surface area contributed by atoms with Crippen molar-refractivity contribution in [1.29, 1.82) is 0 Å². The van der Waals surface area contributed by atoms with Crippen LogP contribution in [0.2, 0.25) is 5.02 Å². The predicted octanol–water partition coefficient (Wildman–Crippen LogP) is 2.86. The molecule has 8 nitrogen and oxygen atoms in total. The van der Waals surface area contributed by atoms with E-state index < -0.39 is 0 Å². The van der Waals surface area contributed by atoms with Crippen LogP contribution in [0.4, 0.5) is 5.82 Å². The molecular formula is C22H24ClN5O3. The molecule has 0 radical (unpaired) electrons. The molecule has 0 unspecified atom stereocenters. The predicted molar refractivity (Wildman–Crippen MR) is 120 cm³/mol. The molecule has 0 bridgehead atoms. The van der Waals surface area contributed by atoms with Crippen molar-refractivity contribution < 1.29 is 9.53 Å². The topological polar surface area (TPSA) is 91.4 Å². The van der Waals surface area contributed by atoms with Crippen molar-refractivity contribution in [3.05, 3.63) is 63.3 Å². The minimum atomic E-state index is -0.359. The van der Waals surface area contributed by atoms with Crippen LogP contribution in [0.5, 0.6) is 0 Å². The zero-order chi connectivity index (χ0) is 21.8. The van der Waals surface area contributed by atoms with Crippen molar-refractivity contribution in [3.8, 4) is 0 Å². The van der Waals surface area contributed by atoms with Crippen molar-refractivity contribution in [1.82, 2.24) is 19.9 Å². The maximum Gasteiger partial charge on any atom is 0.339 e. The molecule has 1 aromatic carbocycles. The highest BCUT2D eigenvalue weighted by molar-refractivity contribution is 6.31. The second kappa shape index (κ2) is 9.45. The van der Waals surface area contributed by atoms with E-state index in [1.54, 1.807) is 37.4 Å². The number of aromatic amines is 1. The molecular weight excluding hydrogens is 418 g/mol. The van der Waals surface area contributed by atoms with Gasteiger partial charge in [0.25, 0.3) is 5.56 Å². The third kappa shape index (κ3) is 5.03.